The number of nitrogens with one attached hydrogen (secondary N) is 1. The zero-order valence-corrected chi connectivity index (χ0v) is 18.9. The number of nitrogens with zero attached hydrogens (tertiary/aromatic N) is 1. The number of amides is 2. The second-order valence-corrected chi connectivity index (χ2v) is 8.11. The van der Waals surface area contributed by atoms with Gasteiger partial charge in [-0.15, -0.1) is 0 Å². The van der Waals surface area contributed by atoms with E-state index in [1.54, 1.807) is 30.0 Å². The third-order valence-corrected chi connectivity index (χ3v) is 5.66. The average molecular weight is 435 g/mol. The Labute approximate surface area is 183 Å². The molecule has 0 saturated heterocycles. The Bertz CT molecular complexity index is 863. The SMILES string of the molecule is CCCNC(=O)[C@H](C)N(Cc1c(Cl)cccc1Cl)C(=O)Cc1cc(C)ccc1C. The first-order valence-corrected chi connectivity index (χ1v) is 10.6. The van der Waals surface area contributed by atoms with Crippen LogP contribution in [0.2, 0.25) is 10.0 Å². The molecule has 1 N–H and O–H groups in total. The van der Waals surface area contributed by atoms with Crippen molar-refractivity contribution in [1.29, 1.82) is 0 Å². The van der Waals surface area contributed by atoms with Gasteiger partial charge in [-0.3, -0.25) is 9.59 Å². The summed E-state index contributed by atoms with van der Waals surface area (Å²) in [6.45, 7) is 8.43. The van der Waals surface area contributed by atoms with Crippen LogP contribution < -0.4 is 5.32 Å². The first-order valence-electron chi connectivity index (χ1n) is 9.80. The molecule has 0 heterocycles. The molecule has 0 saturated carbocycles. The van der Waals surface area contributed by atoms with Gasteiger partial charge in [0, 0.05) is 28.7 Å². The van der Waals surface area contributed by atoms with E-state index in [1.807, 2.05) is 39.0 Å². The lowest BCUT2D eigenvalue weighted by atomic mass is 10.0. The summed E-state index contributed by atoms with van der Waals surface area (Å²) in [5.41, 5.74) is 3.72. The van der Waals surface area contributed by atoms with E-state index in [2.05, 4.69) is 5.32 Å². The highest BCUT2D eigenvalue weighted by Gasteiger charge is 2.27. The van der Waals surface area contributed by atoms with Gasteiger partial charge in [0.2, 0.25) is 11.8 Å². The van der Waals surface area contributed by atoms with Crippen molar-refractivity contribution in [2.45, 2.75) is 53.1 Å². The van der Waals surface area contributed by atoms with Gasteiger partial charge in [-0.1, -0.05) is 60.0 Å². The maximum Gasteiger partial charge on any atom is 0.242 e. The molecule has 2 aromatic rings. The van der Waals surface area contributed by atoms with Gasteiger partial charge in [0.25, 0.3) is 0 Å². The minimum absolute atomic E-state index is 0.145. The number of aryl methyl sites for hydroxylation is 2. The van der Waals surface area contributed by atoms with Gasteiger partial charge in [0.15, 0.2) is 0 Å². The summed E-state index contributed by atoms with van der Waals surface area (Å²) in [7, 11) is 0. The predicted molar refractivity (Wildman–Crippen MR) is 119 cm³/mol. The Hall–Kier alpha value is -2.04. The lowest BCUT2D eigenvalue weighted by Crippen LogP contribution is -2.48. The Kier molecular flexibility index (Phi) is 8.54. The van der Waals surface area contributed by atoms with Crippen LogP contribution in [-0.4, -0.2) is 29.3 Å². The maximum absolute atomic E-state index is 13.3. The quantitative estimate of drug-likeness (QED) is 0.628. The van der Waals surface area contributed by atoms with Crippen molar-refractivity contribution in [3.63, 3.8) is 0 Å². The minimum Gasteiger partial charge on any atom is -0.354 e. The van der Waals surface area contributed by atoms with Crippen molar-refractivity contribution in [2.75, 3.05) is 6.54 Å². The van der Waals surface area contributed by atoms with E-state index in [0.717, 1.165) is 23.1 Å². The fourth-order valence-electron chi connectivity index (χ4n) is 3.09. The van der Waals surface area contributed by atoms with Crippen LogP contribution in [0.15, 0.2) is 36.4 Å². The fourth-order valence-corrected chi connectivity index (χ4v) is 3.60. The first-order chi connectivity index (χ1) is 13.7. The van der Waals surface area contributed by atoms with Crippen LogP contribution in [0.3, 0.4) is 0 Å². The summed E-state index contributed by atoms with van der Waals surface area (Å²) in [5.74, 6) is -0.335. The van der Waals surface area contributed by atoms with Gasteiger partial charge in [-0.25, -0.2) is 0 Å². The van der Waals surface area contributed by atoms with Gasteiger partial charge < -0.3 is 10.2 Å². The van der Waals surface area contributed by atoms with Crippen molar-refractivity contribution in [3.05, 3.63) is 68.7 Å². The molecule has 2 aromatic carbocycles. The minimum atomic E-state index is -0.647. The van der Waals surface area contributed by atoms with E-state index >= 15 is 0 Å². The summed E-state index contributed by atoms with van der Waals surface area (Å²) in [6, 6.07) is 10.6. The Balaban J connectivity index is 2.33. The Morgan fingerprint density at radius 1 is 1.10 bits per heavy atom. The van der Waals surface area contributed by atoms with Crippen molar-refractivity contribution in [1.82, 2.24) is 10.2 Å². The number of halogens is 2. The topological polar surface area (TPSA) is 49.4 Å². The van der Waals surface area contributed by atoms with Crippen molar-refractivity contribution < 1.29 is 9.59 Å². The molecule has 0 spiro atoms. The Morgan fingerprint density at radius 3 is 2.38 bits per heavy atom. The second-order valence-electron chi connectivity index (χ2n) is 7.30. The molecule has 2 rings (SSSR count). The van der Waals surface area contributed by atoms with Gasteiger partial charge in [0.05, 0.1) is 6.42 Å². The van der Waals surface area contributed by atoms with E-state index in [1.165, 1.54) is 0 Å². The molecule has 0 aliphatic rings. The van der Waals surface area contributed by atoms with Crippen molar-refractivity contribution >= 4 is 35.0 Å². The van der Waals surface area contributed by atoms with Crippen molar-refractivity contribution in [2.24, 2.45) is 0 Å². The van der Waals surface area contributed by atoms with Crippen molar-refractivity contribution in [3.8, 4) is 0 Å². The van der Waals surface area contributed by atoms with Gasteiger partial charge >= 0.3 is 0 Å². The van der Waals surface area contributed by atoms with Crippen LogP contribution in [0, 0.1) is 13.8 Å². The van der Waals surface area contributed by atoms with E-state index in [4.69, 9.17) is 23.2 Å². The van der Waals surface area contributed by atoms with Crippen LogP contribution >= 0.6 is 23.2 Å². The number of carbonyl (C=O) groups excluding carboxylic acids is 2. The summed E-state index contributed by atoms with van der Waals surface area (Å²) < 4.78 is 0. The average Bonchev–Trinajstić information content (AvgIpc) is 2.68. The molecule has 0 unspecified atom stereocenters. The molecule has 0 aliphatic carbocycles. The van der Waals surface area contributed by atoms with Crippen LogP contribution in [0.5, 0.6) is 0 Å². The first kappa shape index (κ1) is 23.2. The van der Waals surface area contributed by atoms with Gasteiger partial charge in [-0.2, -0.15) is 0 Å². The number of hydrogen-bond donors (Lipinski definition) is 1. The molecule has 29 heavy (non-hydrogen) atoms. The summed E-state index contributed by atoms with van der Waals surface area (Å²) in [4.78, 5) is 27.4. The van der Waals surface area contributed by atoms with E-state index in [0.29, 0.717) is 22.2 Å². The molecule has 0 bridgehead atoms. The molecular weight excluding hydrogens is 407 g/mol. The van der Waals surface area contributed by atoms with Gasteiger partial charge in [-0.05, 0) is 50.5 Å². The highest BCUT2D eigenvalue weighted by atomic mass is 35.5. The smallest absolute Gasteiger partial charge is 0.242 e. The second kappa shape index (κ2) is 10.7. The molecule has 0 aliphatic heterocycles. The zero-order chi connectivity index (χ0) is 21.6. The van der Waals surface area contributed by atoms with E-state index in [9.17, 15) is 9.59 Å². The van der Waals surface area contributed by atoms with Crippen LogP contribution in [0.25, 0.3) is 0 Å². The molecule has 0 radical (unpaired) electrons. The molecule has 1 atom stereocenters. The number of hydrogen-bond acceptors (Lipinski definition) is 2. The predicted octanol–water partition coefficient (Wildman–Crippen LogP) is 5.10. The van der Waals surface area contributed by atoms with Crippen LogP contribution in [0.4, 0.5) is 0 Å². The molecule has 4 nitrogen and oxygen atoms in total. The lowest BCUT2D eigenvalue weighted by Gasteiger charge is -2.29. The standard InChI is InChI=1S/C23H28Cl2N2O2/c1-5-11-26-23(29)17(4)27(14-19-20(24)7-6-8-21(19)25)22(28)13-18-12-15(2)9-10-16(18)3/h6-10,12,17H,5,11,13-14H2,1-4H3,(H,26,29)/t17-/m0/s1. The number of rotatable bonds is 8. The van der Waals surface area contributed by atoms with Crippen LogP contribution in [-0.2, 0) is 22.6 Å². The molecular formula is C23H28Cl2N2O2. The van der Waals surface area contributed by atoms with Gasteiger partial charge in [0.1, 0.15) is 6.04 Å². The molecule has 6 heteroatoms. The lowest BCUT2D eigenvalue weighted by molar-refractivity contribution is -0.140. The third-order valence-electron chi connectivity index (χ3n) is 4.95. The summed E-state index contributed by atoms with van der Waals surface area (Å²) >= 11 is 12.7. The van der Waals surface area contributed by atoms with Crippen LogP contribution in [0.1, 0.15) is 42.5 Å². The highest BCUT2D eigenvalue weighted by Crippen LogP contribution is 2.27. The largest absolute Gasteiger partial charge is 0.354 e. The highest BCUT2D eigenvalue weighted by molar-refractivity contribution is 6.36. The third kappa shape index (κ3) is 6.22. The molecule has 156 valence electrons. The van der Waals surface area contributed by atoms with E-state index in [-0.39, 0.29) is 24.8 Å². The molecule has 0 aromatic heterocycles. The summed E-state index contributed by atoms with van der Waals surface area (Å²) in [5, 5.41) is 3.82. The normalized spacial score (nSPS) is 11.8. The fraction of sp³-hybridized carbons (Fsp3) is 0.391. The zero-order valence-electron chi connectivity index (χ0n) is 17.4. The Morgan fingerprint density at radius 2 is 1.76 bits per heavy atom. The number of carbonyl (C=O) groups is 2. The molecule has 0 fully saturated rings. The van der Waals surface area contributed by atoms with E-state index < -0.39 is 6.04 Å². The molecule has 2 amide bonds. The number of benzene rings is 2. The maximum atomic E-state index is 13.3. The summed E-state index contributed by atoms with van der Waals surface area (Å²) in [6.07, 6.45) is 1.03. The monoisotopic (exact) mass is 434 g/mol.